The predicted octanol–water partition coefficient (Wildman–Crippen LogP) is 4.93. The van der Waals surface area contributed by atoms with Gasteiger partial charge in [-0.2, -0.15) is 0 Å². The predicted molar refractivity (Wildman–Crippen MR) is 110 cm³/mol. The molecule has 0 aliphatic heterocycles. The van der Waals surface area contributed by atoms with Gasteiger partial charge in [-0.05, 0) is 25.1 Å². The van der Waals surface area contributed by atoms with Crippen LogP contribution in [0, 0.1) is 0 Å². The Bertz CT molecular complexity index is 899. The molecule has 0 saturated carbocycles. The minimum atomic E-state index is -0.0354. The number of methoxy groups -OCH3 is 1. The van der Waals surface area contributed by atoms with Crippen molar-refractivity contribution in [3.05, 3.63) is 35.1 Å². The number of nitrogens with one attached hydrogen (secondary N) is 1. The Morgan fingerprint density at radius 1 is 1.19 bits per heavy atom. The maximum atomic E-state index is 5.58. The van der Waals surface area contributed by atoms with Gasteiger partial charge in [0.25, 0.3) is 0 Å². The van der Waals surface area contributed by atoms with E-state index in [4.69, 9.17) is 14.5 Å². The Kier molecular flexibility index (Phi) is 6.06. The molecule has 0 radical (unpaired) electrons. The molecule has 0 aliphatic rings. The van der Waals surface area contributed by atoms with E-state index >= 15 is 0 Å². The highest BCUT2D eigenvalue weighted by Gasteiger charge is 2.19. The third-order valence-corrected chi connectivity index (χ3v) is 5.61. The Labute approximate surface area is 167 Å². The molecule has 27 heavy (non-hydrogen) atoms. The van der Waals surface area contributed by atoms with Gasteiger partial charge in [-0.3, -0.25) is 5.10 Å². The van der Waals surface area contributed by atoms with E-state index in [2.05, 4.69) is 41.3 Å². The lowest BCUT2D eigenvalue weighted by atomic mass is 9.96. The van der Waals surface area contributed by atoms with Crippen LogP contribution in [0.15, 0.2) is 28.7 Å². The summed E-state index contributed by atoms with van der Waals surface area (Å²) >= 11 is 3.20. The van der Waals surface area contributed by atoms with Crippen LogP contribution < -0.4 is 9.47 Å². The number of aromatic amines is 1. The van der Waals surface area contributed by atoms with Gasteiger partial charge in [-0.25, -0.2) is 9.97 Å². The second kappa shape index (κ2) is 8.31. The number of ether oxygens (including phenoxy) is 2. The van der Waals surface area contributed by atoms with Gasteiger partial charge in [-0.15, -0.1) is 16.4 Å². The summed E-state index contributed by atoms with van der Waals surface area (Å²) < 4.78 is 11.0. The summed E-state index contributed by atoms with van der Waals surface area (Å²) in [6.07, 6.45) is 0. The molecule has 8 heteroatoms. The first-order chi connectivity index (χ1) is 12.9. The SMILES string of the molecule is CCOc1ccc(-c2nc(CSc3n[nH]c(C(C)(C)C)n3)cs2)cc1OC. The number of thioether (sulfide) groups is 1. The van der Waals surface area contributed by atoms with Crippen LogP contribution in [0.3, 0.4) is 0 Å². The summed E-state index contributed by atoms with van der Waals surface area (Å²) in [5, 5.41) is 11.1. The summed E-state index contributed by atoms with van der Waals surface area (Å²) in [4.78, 5) is 9.29. The lowest BCUT2D eigenvalue weighted by Crippen LogP contribution is -2.13. The van der Waals surface area contributed by atoms with Crippen molar-refractivity contribution in [2.45, 2.75) is 44.0 Å². The fourth-order valence-electron chi connectivity index (χ4n) is 2.37. The molecule has 6 nitrogen and oxygen atoms in total. The summed E-state index contributed by atoms with van der Waals surface area (Å²) in [6.45, 7) is 8.89. The van der Waals surface area contributed by atoms with Crippen LogP contribution in [-0.4, -0.2) is 33.9 Å². The Morgan fingerprint density at radius 2 is 2.00 bits per heavy atom. The van der Waals surface area contributed by atoms with E-state index < -0.39 is 0 Å². The Morgan fingerprint density at radius 3 is 2.67 bits per heavy atom. The first-order valence-corrected chi connectivity index (χ1v) is 10.6. The Hall–Kier alpha value is -2.06. The summed E-state index contributed by atoms with van der Waals surface area (Å²) in [5.41, 5.74) is 1.99. The highest BCUT2D eigenvalue weighted by atomic mass is 32.2. The molecule has 0 fully saturated rings. The van der Waals surface area contributed by atoms with Gasteiger partial charge in [0.15, 0.2) is 11.5 Å². The maximum Gasteiger partial charge on any atom is 0.208 e. The summed E-state index contributed by atoms with van der Waals surface area (Å²) in [6, 6.07) is 5.90. The lowest BCUT2D eigenvalue weighted by Gasteiger charge is -2.12. The quantitative estimate of drug-likeness (QED) is 0.563. The van der Waals surface area contributed by atoms with Crippen molar-refractivity contribution in [1.82, 2.24) is 20.2 Å². The van der Waals surface area contributed by atoms with Crippen LogP contribution in [-0.2, 0) is 11.2 Å². The molecular formula is C19H24N4O2S2. The number of H-pyrrole nitrogens is 1. The van der Waals surface area contributed by atoms with Gasteiger partial charge < -0.3 is 9.47 Å². The van der Waals surface area contributed by atoms with Gasteiger partial charge in [0.05, 0.1) is 19.4 Å². The molecule has 3 aromatic rings. The van der Waals surface area contributed by atoms with Crippen molar-refractivity contribution in [1.29, 1.82) is 0 Å². The number of rotatable bonds is 7. The number of thiazole rings is 1. The molecule has 2 aromatic heterocycles. The van der Waals surface area contributed by atoms with Crippen molar-refractivity contribution < 1.29 is 9.47 Å². The highest BCUT2D eigenvalue weighted by Crippen LogP contribution is 2.34. The summed E-state index contributed by atoms with van der Waals surface area (Å²) in [7, 11) is 1.65. The Balaban J connectivity index is 1.69. The minimum absolute atomic E-state index is 0.0354. The molecular weight excluding hydrogens is 380 g/mol. The normalized spacial score (nSPS) is 11.6. The molecule has 0 atom stereocenters. The number of benzene rings is 1. The molecule has 1 N–H and O–H groups in total. The first-order valence-electron chi connectivity index (χ1n) is 8.72. The zero-order chi connectivity index (χ0) is 19.4. The second-order valence-electron chi connectivity index (χ2n) is 6.95. The smallest absolute Gasteiger partial charge is 0.208 e. The van der Waals surface area contributed by atoms with Crippen LogP contribution in [0.2, 0.25) is 0 Å². The zero-order valence-corrected chi connectivity index (χ0v) is 17.8. The van der Waals surface area contributed by atoms with Gasteiger partial charge in [-0.1, -0.05) is 32.5 Å². The molecule has 0 amide bonds. The molecule has 0 saturated heterocycles. The summed E-state index contributed by atoms with van der Waals surface area (Å²) in [5.74, 6) is 3.09. The van der Waals surface area contributed by atoms with Crippen molar-refractivity contribution in [2.75, 3.05) is 13.7 Å². The van der Waals surface area contributed by atoms with Gasteiger partial charge in [0.1, 0.15) is 10.8 Å². The molecule has 0 bridgehead atoms. The standard InChI is InChI=1S/C19H24N4O2S2/c1-6-25-14-8-7-12(9-15(14)24-5)16-20-13(10-26-16)11-27-18-21-17(22-23-18)19(2,3)4/h7-10H,6,11H2,1-5H3,(H,21,22,23). The van der Waals surface area contributed by atoms with Crippen molar-refractivity contribution >= 4 is 23.1 Å². The van der Waals surface area contributed by atoms with Crippen LogP contribution in [0.4, 0.5) is 0 Å². The minimum Gasteiger partial charge on any atom is -0.493 e. The molecule has 0 unspecified atom stereocenters. The fourth-order valence-corrected chi connectivity index (χ4v) is 3.98. The van der Waals surface area contributed by atoms with Crippen molar-refractivity contribution in [3.63, 3.8) is 0 Å². The number of nitrogens with zero attached hydrogens (tertiary/aromatic N) is 3. The van der Waals surface area contributed by atoms with E-state index in [-0.39, 0.29) is 5.41 Å². The van der Waals surface area contributed by atoms with E-state index in [9.17, 15) is 0 Å². The molecule has 3 rings (SSSR count). The van der Waals surface area contributed by atoms with E-state index in [0.29, 0.717) is 6.61 Å². The topological polar surface area (TPSA) is 72.9 Å². The third-order valence-electron chi connectivity index (χ3n) is 3.79. The largest absolute Gasteiger partial charge is 0.493 e. The molecule has 0 aliphatic carbocycles. The van der Waals surface area contributed by atoms with Crippen LogP contribution in [0.1, 0.15) is 39.2 Å². The van der Waals surface area contributed by atoms with Gasteiger partial charge >= 0.3 is 0 Å². The van der Waals surface area contributed by atoms with E-state index in [0.717, 1.165) is 44.5 Å². The molecule has 2 heterocycles. The lowest BCUT2D eigenvalue weighted by molar-refractivity contribution is 0.311. The third kappa shape index (κ3) is 4.81. The number of aromatic nitrogens is 4. The van der Waals surface area contributed by atoms with E-state index in [1.54, 1.807) is 30.2 Å². The first kappa shape index (κ1) is 19.7. The maximum absolute atomic E-state index is 5.58. The monoisotopic (exact) mass is 404 g/mol. The number of hydrogen-bond acceptors (Lipinski definition) is 7. The average molecular weight is 405 g/mol. The average Bonchev–Trinajstić information content (AvgIpc) is 3.30. The van der Waals surface area contributed by atoms with Crippen LogP contribution in [0.25, 0.3) is 10.6 Å². The van der Waals surface area contributed by atoms with E-state index in [1.165, 1.54) is 0 Å². The molecule has 1 aromatic carbocycles. The van der Waals surface area contributed by atoms with Crippen molar-refractivity contribution in [3.8, 4) is 22.1 Å². The van der Waals surface area contributed by atoms with Gasteiger partial charge in [0, 0.05) is 22.1 Å². The molecule has 0 spiro atoms. The zero-order valence-electron chi connectivity index (χ0n) is 16.2. The number of hydrogen-bond donors (Lipinski definition) is 1. The van der Waals surface area contributed by atoms with Gasteiger partial charge in [0.2, 0.25) is 5.16 Å². The fraction of sp³-hybridized carbons (Fsp3) is 0.421. The van der Waals surface area contributed by atoms with E-state index in [1.807, 2.05) is 25.1 Å². The second-order valence-corrected chi connectivity index (χ2v) is 8.75. The van der Waals surface area contributed by atoms with Crippen LogP contribution in [0.5, 0.6) is 11.5 Å². The molecule has 144 valence electrons. The van der Waals surface area contributed by atoms with Crippen LogP contribution >= 0.6 is 23.1 Å². The van der Waals surface area contributed by atoms with Crippen molar-refractivity contribution in [2.24, 2.45) is 0 Å². The highest BCUT2D eigenvalue weighted by molar-refractivity contribution is 7.98.